The summed E-state index contributed by atoms with van der Waals surface area (Å²) in [5.74, 6) is -2.16. The fourth-order valence-electron chi connectivity index (χ4n) is 2.82. The lowest BCUT2D eigenvalue weighted by Gasteiger charge is -2.12. The van der Waals surface area contributed by atoms with Crippen molar-refractivity contribution in [3.8, 4) is 0 Å². The van der Waals surface area contributed by atoms with Crippen LogP contribution in [0.2, 0.25) is 0 Å². The molecule has 2 aromatic rings. The van der Waals surface area contributed by atoms with Crippen LogP contribution in [-0.4, -0.2) is 32.6 Å². The molecule has 1 aliphatic carbocycles. The second-order valence-corrected chi connectivity index (χ2v) is 5.72. The highest BCUT2D eigenvalue weighted by molar-refractivity contribution is 6.20. The zero-order valence-electron chi connectivity index (χ0n) is 12.3. The predicted molar refractivity (Wildman–Crippen MR) is 77.1 cm³/mol. The smallest absolute Gasteiger partial charge is 0.329 e. The van der Waals surface area contributed by atoms with Crippen LogP contribution >= 0.6 is 0 Å². The van der Waals surface area contributed by atoms with Gasteiger partial charge in [-0.3, -0.25) is 14.3 Å². The molecule has 2 heterocycles. The Balaban J connectivity index is 1.47. The number of nitrogens with zero attached hydrogens (tertiary/aromatic N) is 3. The molecule has 23 heavy (non-hydrogen) atoms. The third-order valence-corrected chi connectivity index (χ3v) is 4.15. The molecule has 1 aromatic carbocycles. The van der Waals surface area contributed by atoms with Gasteiger partial charge in [0.2, 0.25) is 0 Å². The predicted octanol–water partition coefficient (Wildman–Crippen LogP) is 1.28. The lowest BCUT2D eigenvalue weighted by molar-refractivity contribution is -0.170. The topological polar surface area (TPSA) is 81.5 Å². The number of hydroxylamine groups is 2. The minimum absolute atomic E-state index is 0.0149. The molecule has 0 spiro atoms. The molecule has 0 radical (unpaired) electrons. The van der Waals surface area contributed by atoms with E-state index in [0.717, 1.165) is 5.69 Å². The van der Waals surface area contributed by atoms with Crippen LogP contribution in [0, 0.1) is 5.92 Å². The summed E-state index contributed by atoms with van der Waals surface area (Å²) in [7, 11) is 1.80. The van der Waals surface area contributed by atoms with E-state index in [1.807, 2.05) is 6.07 Å². The summed E-state index contributed by atoms with van der Waals surface area (Å²) in [6, 6.07) is 8.25. The lowest BCUT2D eigenvalue weighted by Crippen LogP contribution is -2.33. The van der Waals surface area contributed by atoms with Gasteiger partial charge in [0.05, 0.1) is 22.7 Å². The molecular formula is C16H13N3O4. The highest BCUT2D eigenvalue weighted by atomic mass is 16.7. The maximum atomic E-state index is 12.2. The quantitative estimate of drug-likeness (QED) is 0.798. The Bertz CT molecular complexity index is 806. The standard InChI is InChI=1S/C16H13N3O4/c1-18-7-6-13(17-18)11-8-12(11)16(22)23-19-14(20)9-4-2-3-5-10(9)15(19)21/h2-7,11-12H,8H2,1H3/t11-,12-/m1/s1. The molecule has 0 saturated heterocycles. The first kappa shape index (κ1) is 13.7. The number of hydrogen-bond acceptors (Lipinski definition) is 5. The Morgan fingerprint density at radius 1 is 1.17 bits per heavy atom. The van der Waals surface area contributed by atoms with Gasteiger partial charge in [-0.15, -0.1) is 0 Å². The Kier molecular flexibility index (Phi) is 2.84. The van der Waals surface area contributed by atoms with Crippen LogP contribution in [0.1, 0.15) is 38.7 Å². The van der Waals surface area contributed by atoms with E-state index in [9.17, 15) is 14.4 Å². The maximum Gasteiger partial charge on any atom is 0.336 e. The lowest BCUT2D eigenvalue weighted by atomic mass is 10.1. The van der Waals surface area contributed by atoms with Crippen molar-refractivity contribution in [1.82, 2.24) is 14.8 Å². The third kappa shape index (κ3) is 2.12. The third-order valence-electron chi connectivity index (χ3n) is 4.15. The number of rotatable bonds is 3. The van der Waals surface area contributed by atoms with E-state index in [1.165, 1.54) is 12.1 Å². The molecule has 7 nitrogen and oxygen atoms in total. The van der Waals surface area contributed by atoms with E-state index in [0.29, 0.717) is 11.5 Å². The second-order valence-electron chi connectivity index (χ2n) is 5.72. The first-order chi connectivity index (χ1) is 11.1. The van der Waals surface area contributed by atoms with Crippen LogP contribution in [-0.2, 0) is 16.7 Å². The SMILES string of the molecule is Cn1ccc([C@@H]2C[C@H]2C(=O)ON2C(=O)c3ccccc3C2=O)n1. The van der Waals surface area contributed by atoms with Crippen molar-refractivity contribution < 1.29 is 19.2 Å². The van der Waals surface area contributed by atoms with Crippen molar-refractivity contribution in [2.75, 3.05) is 0 Å². The maximum absolute atomic E-state index is 12.2. The Morgan fingerprint density at radius 2 is 1.83 bits per heavy atom. The summed E-state index contributed by atoms with van der Waals surface area (Å²) in [6.07, 6.45) is 2.42. The van der Waals surface area contributed by atoms with Gasteiger partial charge in [0.15, 0.2) is 0 Å². The summed E-state index contributed by atoms with van der Waals surface area (Å²) in [6.45, 7) is 0. The number of amides is 2. The van der Waals surface area contributed by atoms with Gasteiger partial charge in [-0.05, 0) is 24.6 Å². The number of benzene rings is 1. The van der Waals surface area contributed by atoms with Crippen LogP contribution in [0.5, 0.6) is 0 Å². The highest BCUT2D eigenvalue weighted by Crippen LogP contribution is 2.47. The Morgan fingerprint density at radius 3 is 2.39 bits per heavy atom. The first-order valence-electron chi connectivity index (χ1n) is 7.25. The first-order valence-corrected chi connectivity index (χ1v) is 7.25. The number of fused-ring (bicyclic) bond motifs is 1. The minimum atomic E-state index is -0.603. The Hall–Kier alpha value is -2.96. The van der Waals surface area contributed by atoms with Crippen LogP contribution in [0.25, 0.3) is 0 Å². The summed E-state index contributed by atoms with van der Waals surface area (Å²) in [5.41, 5.74) is 1.32. The van der Waals surface area contributed by atoms with E-state index in [2.05, 4.69) is 5.10 Å². The fourth-order valence-corrected chi connectivity index (χ4v) is 2.82. The van der Waals surface area contributed by atoms with E-state index in [-0.39, 0.29) is 23.0 Å². The van der Waals surface area contributed by atoms with Gasteiger partial charge in [0, 0.05) is 19.2 Å². The number of aryl methyl sites for hydroxylation is 1. The van der Waals surface area contributed by atoms with Gasteiger partial charge in [-0.2, -0.15) is 5.10 Å². The molecule has 1 fully saturated rings. The number of aromatic nitrogens is 2. The zero-order valence-corrected chi connectivity index (χ0v) is 12.3. The summed E-state index contributed by atoms with van der Waals surface area (Å²) in [5, 5.41) is 4.82. The van der Waals surface area contributed by atoms with E-state index >= 15 is 0 Å². The van der Waals surface area contributed by atoms with E-state index in [4.69, 9.17) is 4.84 Å². The monoisotopic (exact) mass is 311 g/mol. The van der Waals surface area contributed by atoms with Crippen molar-refractivity contribution in [2.24, 2.45) is 13.0 Å². The van der Waals surface area contributed by atoms with Crippen LogP contribution in [0.4, 0.5) is 0 Å². The van der Waals surface area contributed by atoms with Crippen LogP contribution < -0.4 is 0 Å². The molecule has 2 aliphatic rings. The molecule has 1 saturated carbocycles. The van der Waals surface area contributed by atoms with Gasteiger partial charge in [0.1, 0.15) is 0 Å². The van der Waals surface area contributed by atoms with Crippen molar-refractivity contribution in [3.05, 3.63) is 53.3 Å². The van der Waals surface area contributed by atoms with Gasteiger partial charge >= 0.3 is 5.97 Å². The summed E-state index contributed by atoms with van der Waals surface area (Å²) < 4.78 is 1.67. The van der Waals surface area contributed by atoms with Crippen molar-refractivity contribution in [2.45, 2.75) is 12.3 Å². The average molecular weight is 311 g/mol. The van der Waals surface area contributed by atoms with E-state index < -0.39 is 17.8 Å². The van der Waals surface area contributed by atoms with Gasteiger partial charge < -0.3 is 4.84 Å². The summed E-state index contributed by atoms with van der Waals surface area (Å²) >= 11 is 0. The molecule has 0 unspecified atom stereocenters. The highest BCUT2D eigenvalue weighted by Gasteiger charge is 2.49. The molecule has 1 aromatic heterocycles. The molecule has 2 atom stereocenters. The molecule has 2 amide bonds. The number of imide groups is 1. The van der Waals surface area contributed by atoms with Crippen molar-refractivity contribution in [3.63, 3.8) is 0 Å². The fraction of sp³-hybridized carbons (Fsp3) is 0.250. The molecule has 1 aliphatic heterocycles. The largest absolute Gasteiger partial charge is 0.336 e. The molecular weight excluding hydrogens is 298 g/mol. The Labute approximate surface area is 131 Å². The van der Waals surface area contributed by atoms with Crippen LogP contribution in [0.15, 0.2) is 36.5 Å². The number of carbonyl (C=O) groups excluding carboxylic acids is 3. The minimum Gasteiger partial charge on any atom is -0.329 e. The van der Waals surface area contributed by atoms with Gasteiger partial charge in [0.25, 0.3) is 11.8 Å². The van der Waals surface area contributed by atoms with Gasteiger partial charge in [-0.1, -0.05) is 17.2 Å². The normalized spacial score (nSPS) is 22.2. The molecule has 0 bridgehead atoms. The molecule has 4 rings (SSSR count). The van der Waals surface area contributed by atoms with E-state index in [1.54, 1.807) is 30.1 Å². The average Bonchev–Trinajstić information content (AvgIpc) is 3.19. The zero-order chi connectivity index (χ0) is 16.1. The molecule has 116 valence electrons. The number of hydrogen-bond donors (Lipinski definition) is 0. The van der Waals surface area contributed by atoms with Crippen molar-refractivity contribution >= 4 is 17.8 Å². The summed E-state index contributed by atoms with van der Waals surface area (Å²) in [4.78, 5) is 41.6. The molecule has 7 heteroatoms. The van der Waals surface area contributed by atoms with Gasteiger partial charge in [-0.25, -0.2) is 4.79 Å². The number of carbonyl (C=O) groups is 3. The van der Waals surface area contributed by atoms with Crippen LogP contribution in [0.3, 0.4) is 0 Å². The second kappa shape index (κ2) is 4.77. The van der Waals surface area contributed by atoms with Crippen molar-refractivity contribution in [1.29, 1.82) is 0 Å². The molecule has 0 N–H and O–H groups in total.